The number of anilines is 2. The summed E-state index contributed by atoms with van der Waals surface area (Å²) in [5, 5.41) is 3.38. The molecule has 0 spiro atoms. The third kappa shape index (κ3) is 2.91. The van der Waals surface area contributed by atoms with Gasteiger partial charge in [-0.1, -0.05) is 6.07 Å². The summed E-state index contributed by atoms with van der Waals surface area (Å²) in [6, 6.07) is 8.02. The molecular formula is C16H20N4O. The highest BCUT2D eigenvalue weighted by Crippen LogP contribution is 2.24. The molecule has 1 amide bonds. The highest BCUT2D eigenvalue weighted by molar-refractivity contribution is 5.95. The van der Waals surface area contributed by atoms with Gasteiger partial charge in [0.05, 0.1) is 6.54 Å². The second-order valence-corrected chi connectivity index (χ2v) is 5.18. The number of hydrogen-bond acceptors (Lipinski definition) is 3. The highest BCUT2D eigenvalue weighted by Gasteiger charge is 2.21. The molecule has 1 saturated heterocycles. The Kier molecular flexibility index (Phi) is 3.90. The number of benzene rings is 1. The van der Waals surface area contributed by atoms with Gasteiger partial charge >= 0.3 is 0 Å². The number of hydrogen-bond donors (Lipinski definition) is 1. The minimum absolute atomic E-state index is 0.216. The van der Waals surface area contributed by atoms with Crippen LogP contribution in [-0.2, 0) is 17.9 Å². The van der Waals surface area contributed by atoms with Gasteiger partial charge in [0.2, 0.25) is 5.91 Å². The first-order valence-electron chi connectivity index (χ1n) is 7.42. The second kappa shape index (κ2) is 5.99. The van der Waals surface area contributed by atoms with Crippen LogP contribution in [0.1, 0.15) is 25.6 Å². The van der Waals surface area contributed by atoms with Crippen molar-refractivity contribution in [2.75, 3.05) is 16.8 Å². The zero-order chi connectivity index (χ0) is 14.7. The van der Waals surface area contributed by atoms with Crippen LogP contribution < -0.4 is 10.2 Å². The van der Waals surface area contributed by atoms with Crippen molar-refractivity contribution < 1.29 is 4.79 Å². The van der Waals surface area contributed by atoms with Crippen LogP contribution in [0.3, 0.4) is 0 Å². The Hall–Kier alpha value is -2.30. The lowest BCUT2D eigenvalue weighted by Gasteiger charge is -2.17. The lowest BCUT2D eigenvalue weighted by atomic mass is 10.2. The predicted molar refractivity (Wildman–Crippen MR) is 83.3 cm³/mol. The first kappa shape index (κ1) is 13.7. The molecule has 0 saturated carbocycles. The Morgan fingerprint density at radius 3 is 3.05 bits per heavy atom. The van der Waals surface area contributed by atoms with E-state index in [9.17, 15) is 4.79 Å². The molecular weight excluding hydrogens is 264 g/mol. The zero-order valence-electron chi connectivity index (χ0n) is 12.2. The van der Waals surface area contributed by atoms with Crippen LogP contribution in [-0.4, -0.2) is 22.0 Å². The topological polar surface area (TPSA) is 50.2 Å². The molecule has 0 radical (unpaired) electrons. The van der Waals surface area contributed by atoms with Crippen LogP contribution in [0.4, 0.5) is 11.4 Å². The smallest absolute Gasteiger partial charge is 0.227 e. The van der Waals surface area contributed by atoms with Crippen molar-refractivity contribution in [3.8, 4) is 0 Å². The number of carbonyl (C=O) groups is 1. The van der Waals surface area contributed by atoms with Gasteiger partial charge in [0.15, 0.2) is 0 Å². The molecule has 0 unspecified atom stereocenters. The van der Waals surface area contributed by atoms with Gasteiger partial charge < -0.3 is 14.8 Å². The van der Waals surface area contributed by atoms with E-state index < -0.39 is 0 Å². The van der Waals surface area contributed by atoms with E-state index in [0.717, 1.165) is 36.7 Å². The van der Waals surface area contributed by atoms with Gasteiger partial charge in [0.25, 0.3) is 0 Å². The van der Waals surface area contributed by atoms with Crippen molar-refractivity contribution in [1.29, 1.82) is 0 Å². The maximum absolute atomic E-state index is 11.8. The monoisotopic (exact) mass is 284 g/mol. The molecule has 21 heavy (non-hydrogen) atoms. The van der Waals surface area contributed by atoms with Gasteiger partial charge in [-0.3, -0.25) is 4.79 Å². The van der Waals surface area contributed by atoms with E-state index in [1.54, 1.807) is 0 Å². The molecule has 3 rings (SSSR count). The molecule has 1 aliphatic heterocycles. The van der Waals surface area contributed by atoms with Crippen LogP contribution >= 0.6 is 0 Å². The Balaban J connectivity index is 1.70. The number of aryl methyl sites for hydroxylation is 1. The molecule has 1 aromatic heterocycles. The van der Waals surface area contributed by atoms with Crippen LogP contribution in [0.5, 0.6) is 0 Å². The molecule has 0 atom stereocenters. The van der Waals surface area contributed by atoms with Gasteiger partial charge in [0.1, 0.15) is 5.82 Å². The third-order valence-corrected chi connectivity index (χ3v) is 3.82. The largest absolute Gasteiger partial charge is 0.378 e. The summed E-state index contributed by atoms with van der Waals surface area (Å²) >= 11 is 0. The van der Waals surface area contributed by atoms with Crippen molar-refractivity contribution in [2.24, 2.45) is 0 Å². The molecule has 1 aliphatic rings. The van der Waals surface area contributed by atoms with Gasteiger partial charge in [-0.25, -0.2) is 4.98 Å². The van der Waals surface area contributed by atoms with Crippen LogP contribution in [0.15, 0.2) is 36.7 Å². The average molecular weight is 284 g/mol. The fraction of sp³-hybridized carbons (Fsp3) is 0.375. The van der Waals surface area contributed by atoms with E-state index >= 15 is 0 Å². The molecule has 110 valence electrons. The van der Waals surface area contributed by atoms with Crippen molar-refractivity contribution in [2.45, 2.75) is 32.9 Å². The number of imidazole rings is 1. The summed E-state index contributed by atoms with van der Waals surface area (Å²) in [4.78, 5) is 18.0. The minimum atomic E-state index is 0.216. The lowest BCUT2D eigenvalue weighted by molar-refractivity contribution is -0.117. The van der Waals surface area contributed by atoms with Crippen molar-refractivity contribution in [3.05, 3.63) is 42.5 Å². The zero-order valence-corrected chi connectivity index (χ0v) is 12.2. The Morgan fingerprint density at radius 1 is 1.38 bits per heavy atom. The van der Waals surface area contributed by atoms with E-state index in [1.165, 1.54) is 0 Å². The summed E-state index contributed by atoms with van der Waals surface area (Å²) in [6.45, 7) is 4.52. The summed E-state index contributed by atoms with van der Waals surface area (Å²) in [5.41, 5.74) is 1.99. The fourth-order valence-corrected chi connectivity index (χ4v) is 2.68. The maximum atomic E-state index is 11.8. The normalized spacial score (nSPS) is 14.7. The minimum Gasteiger partial charge on any atom is -0.378 e. The molecule has 0 aliphatic carbocycles. The Bertz CT molecular complexity index is 635. The molecule has 1 aromatic carbocycles. The van der Waals surface area contributed by atoms with E-state index in [1.807, 2.05) is 41.6 Å². The number of nitrogens with zero attached hydrogens (tertiary/aromatic N) is 3. The summed E-state index contributed by atoms with van der Waals surface area (Å²) in [7, 11) is 0. The molecule has 5 heteroatoms. The van der Waals surface area contributed by atoms with Gasteiger partial charge in [-0.2, -0.15) is 0 Å². The van der Waals surface area contributed by atoms with Gasteiger partial charge in [-0.15, -0.1) is 0 Å². The van der Waals surface area contributed by atoms with Crippen LogP contribution in [0.25, 0.3) is 0 Å². The van der Waals surface area contributed by atoms with Crippen LogP contribution in [0.2, 0.25) is 0 Å². The second-order valence-electron chi connectivity index (χ2n) is 5.18. The standard InChI is InChI=1S/C16H20N4O/c1-2-19-10-8-17-15(19)12-18-13-5-3-6-14(11-13)20-9-4-7-16(20)21/h3,5-6,8,10-11,18H,2,4,7,9,12H2,1H3. The quantitative estimate of drug-likeness (QED) is 0.918. The number of rotatable bonds is 5. The SMILES string of the molecule is CCn1ccnc1CNc1cccc(N2CCCC2=O)c1. The highest BCUT2D eigenvalue weighted by atomic mass is 16.2. The van der Waals surface area contributed by atoms with E-state index in [-0.39, 0.29) is 5.91 Å². The van der Waals surface area contributed by atoms with E-state index in [2.05, 4.69) is 21.8 Å². The molecule has 0 bridgehead atoms. The number of carbonyl (C=O) groups excluding carboxylic acids is 1. The predicted octanol–water partition coefficient (Wildman–Crippen LogP) is 2.64. The van der Waals surface area contributed by atoms with Gasteiger partial charge in [-0.05, 0) is 31.5 Å². The molecule has 1 fully saturated rings. The molecule has 5 nitrogen and oxygen atoms in total. The number of amides is 1. The number of aromatic nitrogens is 2. The summed E-state index contributed by atoms with van der Waals surface area (Å²) in [6.07, 6.45) is 5.41. The molecule has 2 aromatic rings. The summed E-state index contributed by atoms with van der Waals surface area (Å²) < 4.78 is 2.11. The maximum Gasteiger partial charge on any atom is 0.227 e. The summed E-state index contributed by atoms with van der Waals surface area (Å²) in [5.74, 6) is 1.23. The van der Waals surface area contributed by atoms with Crippen molar-refractivity contribution in [3.63, 3.8) is 0 Å². The van der Waals surface area contributed by atoms with Crippen molar-refractivity contribution in [1.82, 2.24) is 9.55 Å². The number of nitrogens with one attached hydrogen (secondary N) is 1. The van der Waals surface area contributed by atoms with E-state index in [4.69, 9.17) is 0 Å². The third-order valence-electron chi connectivity index (χ3n) is 3.82. The lowest BCUT2D eigenvalue weighted by Crippen LogP contribution is -2.23. The first-order chi connectivity index (χ1) is 10.3. The van der Waals surface area contributed by atoms with Crippen molar-refractivity contribution >= 4 is 17.3 Å². The fourth-order valence-electron chi connectivity index (χ4n) is 2.68. The molecule has 1 N–H and O–H groups in total. The van der Waals surface area contributed by atoms with Crippen LogP contribution in [0, 0.1) is 0 Å². The van der Waals surface area contributed by atoms with E-state index in [0.29, 0.717) is 13.0 Å². The Labute approximate surface area is 124 Å². The average Bonchev–Trinajstić information content (AvgIpc) is 3.13. The van der Waals surface area contributed by atoms with Gasteiger partial charge in [0, 0.05) is 43.3 Å². The first-order valence-corrected chi connectivity index (χ1v) is 7.42. The molecule has 2 heterocycles. The Morgan fingerprint density at radius 2 is 2.29 bits per heavy atom.